The molecule has 1 heterocycles. The molecule has 98 valence electrons. The first-order valence-electron chi connectivity index (χ1n) is 7.10. The highest BCUT2D eigenvalue weighted by Crippen LogP contribution is 2.45. The molecule has 3 heteroatoms. The van der Waals surface area contributed by atoms with Crippen LogP contribution in [0.4, 0.5) is 11.4 Å². The third-order valence-electron chi connectivity index (χ3n) is 4.58. The third-order valence-corrected chi connectivity index (χ3v) is 4.58. The number of hydrogen-bond donors (Lipinski definition) is 2. The summed E-state index contributed by atoms with van der Waals surface area (Å²) in [5, 5.41) is 13.4. The summed E-state index contributed by atoms with van der Waals surface area (Å²) in [6.07, 6.45) is 6.55. The summed E-state index contributed by atoms with van der Waals surface area (Å²) >= 11 is 0. The topological polar surface area (TPSA) is 35.5 Å². The highest BCUT2D eigenvalue weighted by Gasteiger charge is 2.41. The van der Waals surface area contributed by atoms with Gasteiger partial charge in [-0.15, -0.1) is 0 Å². The van der Waals surface area contributed by atoms with Crippen LogP contribution in [-0.4, -0.2) is 23.7 Å². The Bertz CT molecular complexity index is 438. The van der Waals surface area contributed by atoms with E-state index < -0.39 is 0 Å². The molecule has 0 aromatic heterocycles. The third kappa shape index (κ3) is 1.64. The van der Waals surface area contributed by atoms with Crippen molar-refractivity contribution < 1.29 is 5.11 Å². The van der Waals surface area contributed by atoms with Gasteiger partial charge in [0.25, 0.3) is 0 Å². The van der Waals surface area contributed by atoms with Crippen LogP contribution in [0.15, 0.2) is 18.2 Å². The lowest BCUT2D eigenvalue weighted by Gasteiger charge is -2.51. The molecule has 3 rings (SSSR count). The zero-order chi connectivity index (χ0) is 12.6. The van der Waals surface area contributed by atoms with E-state index in [9.17, 15) is 5.11 Å². The lowest BCUT2D eigenvalue weighted by molar-refractivity contribution is 0.285. The second kappa shape index (κ2) is 4.38. The first kappa shape index (κ1) is 11.7. The first-order chi connectivity index (χ1) is 8.77. The molecule has 3 nitrogen and oxygen atoms in total. The van der Waals surface area contributed by atoms with Gasteiger partial charge in [0, 0.05) is 13.1 Å². The average Bonchev–Trinajstić information content (AvgIpc) is 2.40. The molecular weight excluding hydrogens is 224 g/mol. The fourth-order valence-corrected chi connectivity index (χ4v) is 3.70. The fraction of sp³-hybridized carbons (Fsp3) is 0.600. The molecule has 0 unspecified atom stereocenters. The number of benzene rings is 1. The SMILES string of the molecule is CCN1c2cccc(O)c2NCC12CCCCC2. The summed E-state index contributed by atoms with van der Waals surface area (Å²) in [5.41, 5.74) is 2.36. The van der Waals surface area contributed by atoms with Gasteiger partial charge in [0.15, 0.2) is 0 Å². The van der Waals surface area contributed by atoms with Crippen LogP contribution in [0.1, 0.15) is 39.0 Å². The zero-order valence-electron chi connectivity index (χ0n) is 11.1. The Morgan fingerprint density at radius 1 is 1.28 bits per heavy atom. The van der Waals surface area contributed by atoms with Crippen LogP contribution in [0, 0.1) is 0 Å². The number of likely N-dealkylation sites (N-methyl/N-ethyl adjacent to an activating group) is 1. The number of anilines is 2. The van der Waals surface area contributed by atoms with Crippen molar-refractivity contribution in [3.8, 4) is 5.75 Å². The molecule has 0 bridgehead atoms. The van der Waals surface area contributed by atoms with Crippen molar-refractivity contribution in [3.63, 3.8) is 0 Å². The number of aromatic hydroxyl groups is 1. The van der Waals surface area contributed by atoms with Crippen LogP contribution >= 0.6 is 0 Å². The largest absolute Gasteiger partial charge is 0.506 e. The summed E-state index contributed by atoms with van der Waals surface area (Å²) < 4.78 is 0. The number of rotatable bonds is 1. The van der Waals surface area contributed by atoms with Crippen LogP contribution in [0.5, 0.6) is 5.75 Å². The number of nitrogens with zero attached hydrogens (tertiary/aromatic N) is 1. The molecule has 2 N–H and O–H groups in total. The molecule has 1 saturated carbocycles. The summed E-state index contributed by atoms with van der Waals surface area (Å²) in [6, 6.07) is 5.83. The van der Waals surface area contributed by atoms with Crippen LogP contribution in [0.25, 0.3) is 0 Å². The second-order valence-corrected chi connectivity index (χ2v) is 5.55. The van der Waals surface area contributed by atoms with Crippen molar-refractivity contribution in [2.75, 3.05) is 23.3 Å². The fourth-order valence-electron chi connectivity index (χ4n) is 3.70. The Morgan fingerprint density at radius 2 is 2.06 bits per heavy atom. The van der Waals surface area contributed by atoms with E-state index in [2.05, 4.69) is 23.2 Å². The van der Waals surface area contributed by atoms with Crippen LogP contribution < -0.4 is 10.2 Å². The molecule has 0 atom stereocenters. The first-order valence-corrected chi connectivity index (χ1v) is 7.10. The van der Waals surface area contributed by atoms with Crippen molar-refractivity contribution in [1.29, 1.82) is 0 Å². The van der Waals surface area contributed by atoms with Gasteiger partial charge >= 0.3 is 0 Å². The predicted octanol–water partition coefficient (Wildman–Crippen LogP) is 3.35. The summed E-state index contributed by atoms with van der Waals surface area (Å²) in [5.74, 6) is 0.372. The van der Waals surface area contributed by atoms with E-state index in [1.165, 1.54) is 37.8 Å². The Labute approximate surface area is 109 Å². The van der Waals surface area contributed by atoms with E-state index >= 15 is 0 Å². The molecule has 0 amide bonds. The molecule has 1 fully saturated rings. The molecule has 0 radical (unpaired) electrons. The standard InChI is InChI=1S/C15H22N2O/c1-2-17-12-7-6-8-13(18)14(12)16-11-15(17)9-4-3-5-10-15/h6-8,16,18H,2-5,9-11H2,1H3. The smallest absolute Gasteiger partial charge is 0.140 e. The normalized spacial score (nSPS) is 21.5. The number of nitrogens with one attached hydrogen (secondary N) is 1. The average molecular weight is 246 g/mol. The molecule has 0 saturated heterocycles. The highest BCUT2D eigenvalue weighted by atomic mass is 16.3. The summed E-state index contributed by atoms with van der Waals surface area (Å²) in [4.78, 5) is 2.51. The van der Waals surface area contributed by atoms with Gasteiger partial charge in [0.2, 0.25) is 0 Å². The monoisotopic (exact) mass is 246 g/mol. The molecule has 2 aliphatic rings. The maximum Gasteiger partial charge on any atom is 0.140 e. The number of fused-ring (bicyclic) bond motifs is 1. The number of hydrogen-bond acceptors (Lipinski definition) is 3. The predicted molar refractivity (Wildman–Crippen MR) is 75.4 cm³/mol. The van der Waals surface area contributed by atoms with Gasteiger partial charge in [-0.2, -0.15) is 0 Å². The van der Waals surface area contributed by atoms with E-state index in [1.807, 2.05) is 6.07 Å². The Hall–Kier alpha value is -1.38. The minimum Gasteiger partial charge on any atom is -0.506 e. The lowest BCUT2D eigenvalue weighted by Crippen LogP contribution is -2.57. The quantitative estimate of drug-likeness (QED) is 0.746. The molecule has 1 aromatic carbocycles. The highest BCUT2D eigenvalue weighted by molar-refractivity contribution is 5.79. The molecule has 1 aliphatic carbocycles. The van der Waals surface area contributed by atoms with E-state index in [0.717, 1.165) is 18.8 Å². The Balaban J connectivity index is 2.02. The van der Waals surface area contributed by atoms with Crippen LogP contribution in [-0.2, 0) is 0 Å². The van der Waals surface area contributed by atoms with Crippen molar-refractivity contribution in [3.05, 3.63) is 18.2 Å². The maximum absolute atomic E-state index is 9.97. The van der Waals surface area contributed by atoms with Gasteiger partial charge in [-0.1, -0.05) is 25.3 Å². The minimum atomic E-state index is 0.272. The zero-order valence-corrected chi connectivity index (χ0v) is 11.1. The van der Waals surface area contributed by atoms with Gasteiger partial charge in [-0.05, 0) is 31.9 Å². The van der Waals surface area contributed by atoms with Gasteiger partial charge in [-0.25, -0.2) is 0 Å². The maximum atomic E-state index is 9.97. The van der Waals surface area contributed by atoms with E-state index in [-0.39, 0.29) is 5.54 Å². The number of phenols is 1. The van der Waals surface area contributed by atoms with E-state index in [4.69, 9.17) is 0 Å². The van der Waals surface area contributed by atoms with Crippen molar-refractivity contribution in [1.82, 2.24) is 0 Å². The number of para-hydroxylation sites is 1. The molecule has 1 aromatic rings. The van der Waals surface area contributed by atoms with Gasteiger partial charge < -0.3 is 15.3 Å². The summed E-state index contributed by atoms with van der Waals surface area (Å²) in [6.45, 7) is 4.19. The van der Waals surface area contributed by atoms with Crippen LogP contribution in [0.3, 0.4) is 0 Å². The van der Waals surface area contributed by atoms with Crippen molar-refractivity contribution >= 4 is 11.4 Å². The van der Waals surface area contributed by atoms with Gasteiger partial charge in [0.1, 0.15) is 11.4 Å². The van der Waals surface area contributed by atoms with E-state index in [1.54, 1.807) is 6.07 Å². The van der Waals surface area contributed by atoms with Gasteiger partial charge in [0.05, 0.1) is 11.2 Å². The molecule has 1 aliphatic heterocycles. The lowest BCUT2D eigenvalue weighted by atomic mass is 9.78. The molecular formula is C15H22N2O. The van der Waals surface area contributed by atoms with Crippen molar-refractivity contribution in [2.45, 2.75) is 44.6 Å². The summed E-state index contributed by atoms with van der Waals surface area (Å²) in [7, 11) is 0. The number of phenolic OH excluding ortho intramolecular Hbond substituents is 1. The van der Waals surface area contributed by atoms with Gasteiger partial charge in [-0.3, -0.25) is 0 Å². The second-order valence-electron chi connectivity index (χ2n) is 5.55. The van der Waals surface area contributed by atoms with Crippen molar-refractivity contribution in [2.24, 2.45) is 0 Å². The molecule has 1 spiro atoms. The van der Waals surface area contributed by atoms with Crippen LogP contribution in [0.2, 0.25) is 0 Å². The Kier molecular flexibility index (Phi) is 2.84. The minimum absolute atomic E-state index is 0.272. The Morgan fingerprint density at radius 3 is 2.78 bits per heavy atom. The molecule has 18 heavy (non-hydrogen) atoms. The van der Waals surface area contributed by atoms with E-state index in [0.29, 0.717) is 5.75 Å².